The van der Waals surface area contributed by atoms with Crippen LogP contribution < -0.4 is 52.6 Å². The van der Waals surface area contributed by atoms with E-state index in [4.69, 9.17) is 4.42 Å². The molecule has 1 unspecified atom stereocenters. The lowest BCUT2D eigenvalue weighted by atomic mass is 9.95. The summed E-state index contributed by atoms with van der Waals surface area (Å²) in [4.78, 5) is 161. The number of nitrogens with zero attached hydrogens (tertiary/aromatic N) is 3. The molecule has 26 nitrogen and oxygen atoms in total. The van der Waals surface area contributed by atoms with Crippen LogP contribution in [0, 0.1) is 6.92 Å². The van der Waals surface area contributed by atoms with Gasteiger partial charge in [0.1, 0.15) is 47.9 Å². The monoisotopic (exact) mass is 1280 g/mol. The maximum atomic E-state index is 14.9. The van der Waals surface area contributed by atoms with Gasteiger partial charge in [0, 0.05) is 97.8 Å². The number of hydrogen-bond donors (Lipinski definition) is 11. The molecule has 2 saturated heterocycles. The summed E-state index contributed by atoms with van der Waals surface area (Å²) in [6.45, 7) is 11.8. The highest BCUT2D eigenvalue weighted by Crippen LogP contribution is 2.35. The van der Waals surface area contributed by atoms with Crippen molar-refractivity contribution in [3.8, 4) is 11.1 Å². The number of aromatic amines is 1. The fourth-order valence-corrected chi connectivity index (χ4v) is 13.9. The predicted molar refractivity (Wildman–Crippen MR) is 336 cm³/mol. The number of para-hydroxylation sites is 1. The van der Waals surface area contributed by atoms with E-state index in [2.05, 4.69) is 47.1 Å². The van der Waals surface area contributed by atoms with Crippen molar-refractivity contribution < 1.29 is 67.7 Å². The first-order valence-corrected chi connectivity index (χ1v) is 31.9. The fraction of sp³-hybridized carbons (Fsp3) is 0.468. The van der Waals surface area contributed by atoms with E-state index in [1.807, 2.05) is 39.0 Å². The number of aromatic nitrogens is 1. The highest BCUT2D eigenvalue weighted by atomic mass is 32.2. The Hall–Kier alpha value is -8.31. The Labute approximate surface area is 526 Å². The molecule has 11 N–H and O–H groups in total. The second kappa shape index (κ2) is 27.8. The second-order valence-electron chi connectivity index (χ2n) is 23.4. The number of carbonyl (C=O) groups excluding carboxylic acids is 10. The molecular formula is C62H75N11O15S2. The van der Waals surface area contributed by atoms with Crippen LogP contribution in [0.15, 0.2) is 81.0 Å². The van der Waals surface area contributed by atoms with E-state index >= 15 is 0 Å². The molecule has 2 aromatic heterocycles. The number of aryl methyl sites for hydroxylation is 1. The van der Waals surface area contributed by atoms with Gasteiger partial charge in [0.25, 0.3) is 0 Å². The highest BCUT2D eigenvalue weighted by Gasteiger charge is 2.45. The molecule has 0 saturated carbocycles. The Morgan fingerprint density at radius 2 is 1.49 bits per heavy atom. The van der Waals surface area contributed by atoms with Gasteiger partial charge in [0.05, 0.1) is 39.3 Å². The summed E-state index contributed by atoms with van der Waals surface area (Å²) in [5.41, 5.74) is 1.81. The zero-order valence-corrected chi connectivity index (χ0v) is 52.4. The molecule has 10 amide bonds. The van der Waals surface area contributed by atoms with Crippen molar-refractivity contribution in [3.63, 3.8) is 0 Å². The van der Waals surface area contributed by atoms with Gasteiger partial charge in [0.15, 0.2) is 0 Å². The van der Waals surface area contributed by atoms with Gasteiger partial charge in [-0.3, -0.25) is 47.9 Å². The summed E-state index contributed by atoms with van der Waals surface area (Å²) in [6.07, 6.45) is -4.18. The van der Waals surface area contributed by atoms with Crippen molar-refractivity contribution in [2.75, 3.05) is 47.5 Å². The van der Waals surface area contributed by atoms with Crippen LogP contribution in [0.4, 0.5) is 11.4 Å². The van der Waals surface area contributed by atoms with E-state index in [0.717, 1.165) is 57.5 Å². The highest BCUT2D eigenvalue weighted by molar-refractivity contribution is 8.00. The fourth-order valence-electron chi connectivity index (χ4n) is 11.7. The van der Waals surface area contributed by atoms with Gasteiger partial charge in [-0.1, -0.05) is 30.3 Å². The first-order valence-electron chi connectivity index (χ1n) is 29.9. The number of hydrogen-bond acceptors (Lipinski definition) is 18. The van der Waals surface area contributed by atoms with Crippen molar-refractivity contribution in [2.45, 2.75) is 151 Å². The molecular weight excluding hydrogens is 1200 g/mol. The standard InChI is InChI=1S/C62H75N11O15S2/c1-8-71(9-2)36-18-19-38-30(3)50(61(86)88-46(38)22-36)34-14-16-35(17-15-34)73-49(77)25-47(60(73)85)89-21-20-48(76)63-29-62(7,87)26-43-55(81)64-32(5)53(79)70-51(33(6)74)57(83)68-44-28-90-58-40(39-12-10-11-13-41(39)69-58)24-42(54(80)67-43)66-52(78)31(4)65-56(82)45-23-37(75)27-72(45)59(44)84/h10-19,22,31-33,37,42-45,47,51,69,74-75,87H,8-9,20-21,23-29H2,1-7H3,(H,63,76)(H,64,81)(H,65,82)(H,66,78)(H,67,80)(H,68,83)(H,70,79)/t31-,32-,33-,37-,42-,43-,44-,45-,47?,51+,62+/m0/s1. The number of aliphatic hydroxyl groups is 3. The molecule has 3 aromatic carbocycles. The van der Waals surface area contributed by atoms with Gasteiger partial charge in [-0.05, 0) is 95.5 Å². The summed E-state index contributed by atoms with van der Waals surface area (Å²) < 4.78 is 5.79. The first kappa shape index (κ1) is 66.1. The normalized spacial score (nSPS) is 25.1. The Morgan fingerprint density at radius 1 is 0.811 bits per heavy atom. The first-order chi connectivity index (χ1) is 42.7. The van der Waals surface area contributed by atoms with Crippen molar-refractivity contribution in [2.24, 2.45) is 0 Å². The van der Waals surface area contributed by atoms with Crippen molar-refractivity contribution in [1.82, 2.24) is 47.1 Å². The molecule has 2 bridgehead atoms. The van der Waals surface area contributed by atoms with Crippen molar-refractivity contribution in [1.29, 1.82) is 0 Å². The molecule has 6 heterocycles. The summed E-state index contributed by atoms with van der Waals surface area (Å²) >= 11 is 2.14. The molecule has 2 fully saturated rings. The van der Waals surface area contributed by atoms with Crippen LogP contribution in [0.2, 0.25) is 0 Å². The molecule has 4 aliphatic rings. The van der Waals surface area contributed by atoms with E-state index in [-0.39, 0.29) is 43.7 Å². The third-order valence-electron chi connectivity index (χ3n) is 16.6. The van der Waals surface area contributed by atoms with Gasteiger partial charge in [-0.2, -0.15) is 0 Å². The lowest BCUT2D eigenvalue weighted by Crippen LogP contribution is -2.62. The summed E-state index contributed by atoms with van der Waals surface area (Å²) in [7, 11) is 0. The number of aliphatic hydroxyl groups excluding tert-OH is 2. The molecule has 0 aliphatic carbocycles. The van der Waals surface area contributed by atoms with E-state index in [1.54, 1.807) is 48.5 Å². The molecule has 0 spiro atoms. The minimum atomic E-state index is -1.99. The van der Waals surface area contributed by atoms with Gasteiger partial charge >= 0.3 is 5.63 Å². The van der Waals surface area contributed by atoms with Crippen LogP contribution in [0.5, 0.6) is 0 Å². The number of amides is 10. The van der Waals surface area contributed by atoms with E-state index < -0.39 is 143 Å². The zero-order valence-electron chi connectivity index (χ0n) is 50.8. The van der Waals surface area contributed by atoms with Crippen LogP contribution in [0.1, 0.15) is 78.4 Å². The molecule has 28 heteroatoms. The summed E-state index contributed by atoms with van der Waals surface area (Å²) in [6, 6.07) is 8.65. The van der Waals surface area contributed by atoms with E-state index in [1.165, 1.54) is 27.7 Å². The van der Waals surface area contributed by atoms with E-state index in [0.29, 0.717) is 49.5 Å². The molecule has 5 aromatic rings. The number of H-pyrrole nitrogens is 1. The second-order valence-corrected chi connectivity index (χ2v) is 25.7. The zero-order chi connectivity index (χ0) is 65.0. The average molecular weight is 1280 g/mol. The van der Waals surface area contributed by atoms with Crippen molar-refractivity contribution in [3.05, 3.63) is 88.3 Å². The minimum Gasteiger partial charge on any atom is -0.422 e. The van der Waals surface area contributed by atoms with E-state index in [9.17, 15) is 68.1 Å². The quantitative estimate of drug-likeness (QED) is 0.0540. The minimum absolute atomic E-state index is 0.0728. The molecule has 9 rings (SSSR count). The number of rotatable bonds is 14. The number of imide groups is 1. The number of anilines is 2. The number of thioether (sulfide) groups is 2. The Kier molecular flexibility index (Phi) is 20.4. The molecule has 4 aliphatic heterocycles. The maximum Gasteiger partial charge on any atom is 0.344 e. The van der Waals surface area contributed by atoms with Gasteiger partial charge < -0.3 is 71.7 Å². The molecule has 90 heavy (non-hydrogen) atoms. The largest absolute Gasteiger partial charge is 0.422 e. The Bertz CT molecular complexity index is 3700. The number of carbonyl (C=O) groups is 10. The van der Waals surface area contributed by atoms with Gasteiger partial charge in [-0.15, -0.1) is 23.5 Å². The van der Waals surface area contributed by atoms with Crippen molar-refractivity contribution >= 4 is 116 Å². The Balaban J connectivity index is 0.898. The molecule has 11 atom stereocenters. The van der Waals surface area contributed by atoms with Crippen LogP contribution in [0.25, 0.3) is 33.0 Å². The SMILES string of the molecule is CCN(CC)c1ccc2c(C)c(-c3ccc(N4C(=O)CC(SCCC(=O)NC[C@](C)(O)C[C@@H]5NC(=O)[C@@H]6Cc7c([nH]c8ccccc78)SC[C@H](NC(=O)[C@@H]([C@H](C)O)NC(=O)[C@H](C)NC5=O)C(=O)N5C[C@@H](O)C[C@H]5C(=O)N[C@@H](C)C(=O)N6)C4=O)cc3)c(=O)oc2c1. The number of benzene rings is 3. The smallest absolute Gasteiger partial charge is 0.344 e. The third-order valence-corrected chi connectivity index (χ3v) is 19.0. The van der Waals surface area contributed by atoms with Crippen LogP contribution in [-0.4, -0.2) is 187 Å². The summed E-state index contributed by atoms with van der Waals surface area (Å²) in [5, 5.41) is 52.6. The lowest BCUT2D eigenvalue weighted by Gasteiger charge is -2.31. The Morgan fingerprint density at radius 3 is 2.19 bits per heavy atom. The van der Waals surface area contributed by atoms with Crippen LogP contribution >= 0.6 is 23.5 Å². The maximum absolute atomic E-state index is 14.9. The third kappa shape index (κ3) is 14.6. The number of fused-ring (bicyclic) bond motifs is 6. The van der Waals surface area contributed by atoms with Crippen LogP contribution in [0.3, 0.4) is 0 Å². The molecule has 480 valence electrons. The average Bonchev–Trinajstić information content (AvgIpc) is 1.08. The predicted octanol–water partition coefficient (Wildman–Crippen LogP) is 0.762. The number of nitrogens with one attached hydrogen (secondary N) is 8. The topological polar surface area (TPSA) is 371 Å². The summed E-state index contributed by atoms with van der Waals surface area (Å²) in [5.74, 6) is -8.14. The van der Waals surface area contributed by atoms with Gasteiger partial charge in [-0.25, -0.2) is 9.69 Å². The molecule has 0 radical (unpaired) electrons. The van der Waals surface area contributed by atoms with Gasteiger partial charge in [0.2, 0.25) is 59.1 Å². The lowest BCUT2D eigenvalue weighted by molar-refractivity contribution is -0.142. The van der Waals surface area contributed by atoms with Crippen LogP contribution in [-0.2, 0) is 54.4 Å².